The van der Waals surface area contributed by atoms with Gasteiger partial charge in [-0.15, -0.1) is 0 Å². The number of rotatable bonds is 4. The molecule has 0 aliphatic carbocycles. The molecule has 0 aliphatic rings. The summed E-state index contributed by atoms with van der Waals surface area (Å²) in [5, 5.41) is 3.28. The van der Waals surface area contributed by atoms with E-state index in [9.17, 15) is 0 Å². The molecule has 3 aromatic rings. The number of benzene rings is 1. The highest BCUT2D eigenvalue weighted by Gasteiger charge is 2.14. The third-order valence-electron chi connectivity index (χ3n) is 3.17. The third-order valence-corrected chi connectivity index (χ3v) is 3.17. The summed E-state index contributed by atoms with van der Waals surface area (Å²) in [6.07, 6.45) is 4.31. The van der Waals surface area contributed by atoms with Crippen molar-refractivity contribution in [2.75, 3.05) is 7.05 Å². The number of pyridine rings is 1. The maximum atomic E-state index is 5.76. The molecule has 19 heavy (non-hydrogen) atoms. The van der Waals surface area contributed by atoms with E-state index in [4.69, 9.17) is 4.42 Å². The molecule has 1 aromatic carbocycles. The monoisotopic (exact) mass is 253 g/mol. The van der Waals surface area contributed by atoms with Crippen LogP contribution in [0.1, 0.15) is 17.5 Å². The highest BCUT2D eigenvalue weighted by molar-refractivity contribution is 5.72. The summed E-state index contributed by atoms with van der Waals surface area (Å²) in [6.45, 7) is 0. The van der Waals surface area contributed by atoms with Crippen molar-refractivity contribution in [2.24, 2.45) is 0 Å². The molecule has 0 bridgehead atoms. The van der Waals surface area contributed by atoms with Gasteiger partial charge in [0.05, 0.1) is 0 Å². The van der Waals surface area contributed by atoms with Crippen LogP contribution in [0.3, 0.4) is 0 Å². The second kappa shape index (κ2) is 5.20. The number of likely N-dealkylation sites (N-methyl/N-ethyl adjacent to an activating group) is 1. The molecule has 0 fully saturated rings. The van der Waals surface area contributed by atoms with Crippen molar-refractivity contribution in [3.8, 4) is 0 Å². The minimum absolute atomic E-state index is 0.177. The molecule has 3 rings (SSSR count). The first-order chi connectivity index (χ1) is 9.36. The van der Waals surface area contributed by atoms with Crippen molar-refractivity contribution in [3.63, 3.8) is 0 Å². The number of hydrogen-bond acceptors (Lipinski definition) is 4. The van der Waals surface area contributed by atoms with E-state index in [-0.39, 0.29) is 6.04 Å². The number of nitrogens with one attached hydrogen (secondary N) is 1. The van der Waals surface area contributed by atoms with E-state index in [1.807, 2.05) is 43.4 Å². The van der Waals surface area contributed by atoms with Gasteiger partial charge >= 0.3 is 0 Å². The van der Waals surface area contributed by atoms with Gasteiger partial charge < -0.3 is 9.73 Å². The van der Waals surface area contributed by atoms with Gasteiger partial charge in [-0.1, -0.05) is 12.1 Å². The van der Waals surface area contributed by atoms with Crippen LogP contribution in [0.25, 0.3) is 11.1 Å². The van der Waals surface area contributed by atoms with Crippen LogP contribution in [0, 0.1) is 0 Å². The Bertz CT molecular complexity index is 630. The fourth-order valence-electron chi connectivity index (χ4n) is 2.16. The average Bonchev–Trinajstić information content (AvgIpc) is 2.88. The number of para-hydroxylation sites is 2. The summed E-state index contributed by atoms with van der Waals surface area (Å²) in [6, 6.07) is 12.0. The van der Waals surface area contributed by atoms with Gasteiger partial charge in [-0.2, -0.15) is 0 Å². The van der Waals surface area contributed by atoms with Gasteiger partial charge in [0.1, 0.15) is 5.52 Å². The Kier molecular flexibility index (Phi) is 3.25. The normalized spacial score (nSPS) is 12.7. The lowest BCUT2D eigenvalue weighted by Crippen LogP contribution is -2.18. The number of oxazole rings is 1. The molecule has 0 radical (unpaired) electrons. The van der Waals surface area contributed by atoms with Crippen molar-refractivity contribution in [2.45, 2.75) is 12.5 Å². The molecule has 1 atom stereocenters. The van der Waals surface area contributed by atoms with Crippen LogP contribution < -0.4 is 5.32 Å². The Labute approximate surface area is 111 Å². The molecule has 0 saturated heterocycles. The predicted octanol–water partition coefficient (Wildman–Crippen LogP) is 2.73. The molecule has 0 aliphatic heterocycles. The minimum atomic E-state index is 0.177. The molecule has 0 saturated carbocycles. The molecule has 2 heterocycles. The van der Waals surface area contributed by atoms with Gasteiger partial charge in [0, 0.05) is 24.9 Å². The maximum Gasteiger partial charge on any atom is 0.197 e. The Balaban J connectivity index is 1.86. The number of hydrogen-bond donors (Lipinski definition) is 1. The van der Waals surface area contributed by atoms with Crippen molar-refractivity contribution in [3.05, 3.63) is 60.2 Å². The topological polar surface area (TPSA) is 51.0 Å². The van der Waals surface area contributed by atoms with Crippen LogP contribution in [-0.2, 0) is 6.42 Å². The first-order valence-electron chi connectivity index (χ1n) is 6.28. The summed E-state index contributed by atoms with van der Waals surface area (Å²) in [5.41, 5.74) is 2.92. The van der Waals surface area contributed by atoms with E-state index in [2.05, 4.69) is 15.3 Å². The molecule has 1 unspecified atom stereocenters. The number of fused-ring (bicyclic) bond motifs is 1. The zero-order valence-corrected chi connectivity index (χ0v) is 10.7. The van der Waals surface area contributed by atoms with E-state index < -0.39 is 0 Å². The molecule has 4 heteroatoms. The van der Waals surface area contributed by atoms with Crippen molar-refractivity contribution in [1.82, 2.24) is 15.3 Å². The van der Waals surface area contributed by atoms with Gasteiger partial charge in [0.15, 0.2) is 11.5 Å². The van der Waals surface area contributed by atoms with Crippen LogP contribution in [0.2, 0.25) is 0 Å². The molecule has 1 N–H and O–H groups in total. The summed E-state index contributed by atoms with van der Waals surface area (Å²) in [5.74, 6) is 0.748. The summed E-state index contributed by atoms with van der Waals surface area (Å²) < 4.78 is 5.76. The lowest BCUT2D eigenvalue weighted by molar-refractivity contribution is 0.473. The van der Waals surface area contributed by atoms with Crippen molar-refractivity contribution in [1.29, 1.82) is 0 Å². The smallest absolute Gasteiger partial charge is 0.197 e. The highest BCUT2D eigenvalue weighted by Crippen LogP contribution is 2.20. The molecule has 96 valence electrons. The Morgan fingerprint density at radius 2 is 1.95 bits per heavy atom. The Morgan fingerprint density at radius 3 is 2.68 bits per heavy atom. The van der Waals surface area contributed by atoms with E-state index in [1.165, 1.54) is 5.56 Å². The summed E-state index contributed by atoms with van der Waals surface area (Å²) in [7, 11) is 1.94. The van der Waals surface area contributed by atoms with E-state index in [0.29, 0.717) is 0 Å². The zero-order chi connectivity index (χ0) is 13.1. The maximum absolute atomic E-state index is 5.76. The van der Waals surface area contributed by atoms with Gasteiger partial charge in [0.2, 0.25) is 0 Å². The predicted molar refractivity (Wildman–Crippen MR) is 73.8 cm³/mol. The Hall–Kier alpha value is -2.20. The standard InChI is InChI=1S/C15H15N3O/c1-16-13(11-6-8-17-9-7-11)10-15-18-12-4-2-3-5-14(12)19-15/h2-9,13,16H,10H2,1H3. The van der Waals surface area contributed by atoms with Gasteiger partial charge in [-0.05, 0) is 36.9 Å². The SMILES string of the molecule is CNC(Cc1nc2ccccc2o1)c1ccncc1. The Morgan fingerprint density at radius 1 is 1.16 bits per heavy atom. The molecule has 4 nitrogen and oxygen atoms in total. The molecular formula is C15H15N3O. The second-order valence-electron chi connectivity index (χ2n) is 4.40. The fraction of sp³-hybridized carbons (Fsp3) is 0.200. The fourth-order valence-corrected chi connectivity index (χ4v) is 2.16. The largest absolute Gasteiger partial charge is 0.441 e. The number of nitrogens with zero attached hydrogens (tertiary/aromatic N) is 2. The zero-order valence-electron chi connectivity index (χ0n) is 10.7. The lowest BCUT2D eigenvalue weighted by atomic mass is 10.1. The van der Waals surface area contributed by atoms with Crippen LogP contribution in [0.4, 0.5) is 0 Å². The first kappa shape index (κ1) is 11.9. The first-order valence-corrected chi connectivity index (χ1v) is 6.28. The van der Waals surface area contributed by atoms with Gasteiger partial charge in [0.25, 0.3) is 0 Å². The lowest BCUT2D eigenvalue weighted by Gasteiger charge is -2.14. The van der Waals surface area contributed by atoms with Gasteiger partial charge in [-0.25, -0.2) is 4.98 Å². The van der Waals surface area contributed by atoms with Gasteiger partial charge in [-0.3, -0.25) is 4.98 Å². The highest BCUT2D eigenvalue weighted by atomic mass is 16.3. The van der Waals surface area contributed by atoms with Crippen LogP contribution >= 0.6 is 0 Å². The quantitative estimate of drug-likeness (QED) is 0.776. The van der Waals surface area contributed by atoms with Crippen LogP contribution in [0.15, 0.2) is 53.2 Å². The second-order valence-corrected chi connectivity index (χ2v) is 4.40. The van der Waals surface area contributed by atoms with E-state index in [0.717, 1.165) is 23.4 Å². The average molecular weight is 253 g/mol. The molecule has 2 aromatic heterocycles. The van der Waals surface area contributed by atoms with Crippen molar-refractivity contribution < 1.29 is 4.42 Å². The summed E-state index contributed by atoms with van der Waals surface area (Å²) >= 11 is 0. The van der Waals surface area contributed by atoms with E-state index >= 15 is 0 Å². The summed E-state index contributed by atoms with van der Waals surface area (Å²) in [4.78, 5) is 8.54. The molecule has 0 amide bonds. The van der Waals surface area contributed by atoms with Crippen molar-refractivity contribution >= 4 is 11.1 Å². The molecular weight excluding hydrogens is 238 g/mol. The minimum Gasteiger partial charge on any atom is -0.441 e. The van der Waals surface area contributed by atoms with E-state index in [1.54, 1.807) is 12.4 Å². The molecule has 0 spiro atoms. The third kappa shape index (κ3) is 2.48. The van der Waals surface area contributed by atoms with Crippen LogP contribution in [-0.4, -0.2) is 17.0 Å². The van der Waals surface area contributed by atoms with Crippen LogP contribution in [0.5, 0.6) is 0 Å². The number of aromatic nitrogens is 2.